The van der Waals surface area contributed by atoms with Crippen LogP contribution in [0.2, 0.25) is 5.02 Å². The molecular weight excluding hydrogens is 652 g/mol. The zero-order valence-electron chi connectivity index (χ0n) is 27.9. The molecular formula is C36H38ClF2N7O3. The molecule has 2 bridgehead atoms. The summed E-state index contributed by atoms with van der Waals surface area (Å²) in [6.45, 7) is 14.2. The van der Waals surface area contributed by atoms with Gasteiger partial charge in [-0.1, -0.05) is 35.9 Å². The van der Waals surface area contributed by atoms with Crippen molar-refractivity contribution in [2.24, 2.45) is 5.92 Å². The predicted octanol–water partition coefficient (Wildman–Crippen LogP) is 6.98. The molecule has 4 heterocycles. The van der Waals surface area contributed by atoms with Crippen LogP contribution < -0.4 is 9.64 Å². The highest BCUT2D eigenvalue weighted by molar-refractivity contribution is 6.36. The lowest BCUT2D eigenvalue weighted by molar-refractivity contribution is 0.0155. The highest BCUT2D eigenvalue weighted by Crippen LogP contribution is 2.42. The third-order valence-electron chi connectivity index (χ3n) is 10.0. The first kappa shape index (κ1) is 33.2. The molecule has 2 aromatic carbocycles. The maximum atomic E-state index is 16.8. The summed E-state index contributed by atoms with van der Waals surface area (Å²) in [4.78, 5) is 36.5. The average molecular weight is 690 g/mol. The standard InChI is InChI=1S/C36H38ClF2N7O3/c1-36(2,3)49-35(47)46-14-13-45(18-23(46)16-40-4)33-25-17-41-31(24-8-6-7-20-10-12-26(38)29(37)28(20)24)30(39)32(25)42-34(43-33)48-19-27-21-9-11-22(15-21)44(27)5/h6-8,10,12,17,21-23,27H,9,11,13-16,18-19H2,1-3,5H3/t21-,22?,23+,27+/m1/s1. The first-order chi connectivity index (χ1) is 23.4. The van der Waals surface area contributed by atoms with Gasteiger partial charge in [0.1, 0.15) is 41.1 Å². The lowest BCUT2D eigenvalue weighted by Crippen LogP contribution is -2.57. The number of piperazine rings is 1. The average Bonchev–Trinajstić information content (AvgIpc) is 3.66. The second-order valence-corrected chi connectivity index (χ2v) is 14.5. The Morgan fingerprint density at radius 2 is 1.96 bits per heavy atom. The molecule has 0 radical (unpaired) electrons. The number of benzene rings is 2. The van der Waals surface area contributed by atoms with E-state index in [-0.39, 0.29) is 47.9 Å². The Kier molecular flexibility index (Phi) is 8.69. The zero-order chi connectivity index (χ0) is 34.6. The minimum atomic E-state index is -0.721. The molecule has 0 spiro atoms. The second kappa shape index (κ2) is 12.8. The van der Waals surface area contributed by atoms with E-state index in [0.717, 1.165) is 12.8 Å². The minimum Gasteiger partial charge on any atom is -0.462 e. The fraction of sp³-hybridized carbons (Fsp3) is 0.472. The van der Waals surface area contributed by atoms with Crippen LogP contribution >= 0.6 is 11.6 Å². The SMILES string of the molecule is [C-]#[N+]C[C@H]1CN(c2nc(OC[C@H]3[C@@H]4CCC(C4)N3C)nc3c(F)c(-c4cccc5ccc(F)c(Cl)c45)ncc23)CCN1C(=O)OC(C)(C)C. The van der Waals surface area contributed by atoms with Crippen molar-refractivity contribution in [3.63, 3.8) is 0 Å². The van der Waals surface area contributed by atoms with Gasteiger partial charge in [-0.05, 0) is 64.5 Å². The summed E-state index contributed by atoms with van der Waals surface area (Å²) >= 11 is 6.41. The van der Waals surface area contributed by atoms with Crippen LogP contribution in [-0.4, -0.2) is 94.4 Å². The fourth-order valence-electron chi connectivity index (χ4n) is 7.62. The number of nitrogens with zero attached hydrogens (tertiary/aromatic N) is 7. The topological polar surface area (TPSA) is 88.3 Å². The van der Waals surface area contributed by atoms with Crippen molar-refractivity contribution in [2.45, 2.75) is 63.8 Å². The molecule has 2 saturated heterocycles. The Bertz CT molecular complexity index is 1980. The number of carbonyl (C=O) groups excluding carboxylic acids is 1. The highest BCUT2D eigenvalue weighted by atomic mass is 35.5. The van der Waals surface area contributed by atoms with E-state index >= 15 is 4.39 Å². The van der Waals surface area contributed by atoms with Gasteiger partial charge < -0.3 is 19.2 Å². The normalized spacial score (nSPS) is 22.6. The molecule has 1 aliphatic carbocycles. The summed E-state index contributed by atoms with van der Waals surface area (Å²) in [6, 6.07) is 8.30. The van der Waals surface area contributed by atoms with Crippen LogP contribution in [-0.2, 0) is 4.74 Å². The number of amides is 1. The maximum absolute atomic E-state index is 16.8. The van der Waals surface area contributed by atoms with E-state index in [9.17, 15) is 9.18 Å². The minimum absolute atomic E-state index is 0.00729. The molecule has 256 valence electrons. The predicted molar refractivity (Wildman–Crippen MR) is 184 cm³/mol. The Balaban J connectivity index is 1.30. The number of hydrogen-bond acceptors (Lipinski definition) is 8. The Morgan fingerprint density at radius 3 is 2.69 bits per heavy atom. The number of carbonyl (C=O) groups is 1. The maximum Gasteiger partial charge on any atom is 0.410 e. The van der Waals surface area contributed by atoms with E-state index in [2.05, 4.69) is 26.8 Å². The first-order valence-corrected chi connectivity index (χ1v) is 17.0. The van der Waals surface area contributed by atoms with Crippen LogP contribution in [0.4, 0.5) is 19.4 Å². The van der Waals surface area contributed by atoms with Gasteiger partial charge in [-0.15, -0.1) is 0 Å². The summed E-state index contributed by atoms with van der Waals surface area (Å²) in [5.74, 6) is -0.427. The second-order valence-electron chi connectivity index (χ2n) is 14.2. The number of fused-ring (bicyclic) bond motifs is 4. The monoisotopic (exact) mass is 689 g/mol. The summed E-state index contributed by atoms with van der Waals surface area (Å²) in [5, 5.41) is 1.21. The number of aromatic nitrogens is 3. The van der Waals surface area contributed by atoms with Crippen molar-refractivity contribution < 1.29 is 23.0 Å². The van der Waals surface area contributed by atoms with E-state index in [1.807, 2.05) is 4.90 Å². The molecule has 1 amide bonds. The molecule has 4 aromatic rings. The molecule has 4 atom stereocenters. The number of ether oxygens (including phenoxy) is 2. The quantitative estimate of drug-likeness (QED) is 0.201. The van der Waals surface area contributed by atoms with Crippen molar-refractivity contribution in [3.05, 3.63) is 64.6 Å². The summed E-state index contributed by atoms with van der Waals surface area (Å²) in [6.07, 6.45) is 4.48. The van der Waals surface area contributed by atoms with Gasteiger partial charge >= 0.3 is 12.1 Å². The number of likely N-dealkylation sites (N-methyl/N-ethyl adjacent to an activating group) is 1. The largest absolute Gasteiger partial charge is 0.462 e. The molecule has 13 heteroatoms. The van der Waals surface area contributed by atoms with Crippen molar-refractivity contribution in [2.75, 3.05) is 44.7 Å². The van der Waals surface area contributed by atoms with Gasteiger partial charge in [0, 0.05) is 48.9 Å². The lowest BCUT2D eigenvalue weighted by Gasteiger charge is -2.40. The van der Waals surface area contributed by atoms with Crippen molar-refractivity contribution >= 4 is 45.2 Å². The van der Waals surface area contributed by atoms with Crippen molar-refractivity contribution in [3.8, 4) is 17.3 Å². The molecule has 3 aliphatic rings. The van der Waals surface area contributed by atoms with E-state index in [0.29, 0.717) is 52.7 Å². The fourth-order valence-corrected chi connectivity index (χ4v) is 7.89. The Hall–Kier alpha value is -4.34. The zero-order valence-corrected chi connectivity index (χ0v) is 28.7. The number of pyridine rings is 1. The molecule has 2 aromatic heterocycles. The molecule has 1 unspecified atom stereocenters. The number of hydrogen-bond donors (Lipinski definition) is 0. The van der Waals surface area contributed by atoms with Crippen molar-refractivity contribution in [1.82, 2.24) is 24.8 Å². The van der Waals surface area contributed by atoms with Gasteiger partial charge in [0.2, 0.25) is 6.54 Å². The molecule has 1 saturated carbocycles. The summed E-state index contributed by atoms with van der Waals surface area (Å²) < 4.78 is 43.3. The molecule has 7 rings (SSSR count). The van der Waals surface area contributed by atoms with Gasteiger partial charge in [-0.2, -0.15) is 9.97 Å². The van der Waals surface area contributed by atoms with E-state index in [1.165, 1.54) is 18.7 Å². The number of likely N-dealkylation sites (tertiary alicyclic amines) is 1. The Morgan fingerprint density at radius 1 is 1.14 bits per heavy atom. The third kappa shape index (κ3) is 6.19. The molecule has 49 heavy (non-hydrogen) atoms. The van der Waals surface area contributed by atoms with E-state index < -0.39 is 29.4 Å². The smallest absolute Gasteiger partial charge is 0.410 e. The van der Waals surface area contributed by atoms with Gasteiger partial charge in [-0.25, -0.2) is 20.1 Å². The molecule has 10 nitrogen and oxygen atoms in total. The van der Waals surface area contributed by atoms with Crippen LogP contribution in [0, 0.1) is 24.1 Å². The van der Waals surface area contributed by atoms with E-state index in [4.69, 9.17) is 32.6 Å². The third-order valence-corrected chi connectivity index (χ3v) is 10.4. The van der Waals surface area contributed by atoms with Crippen LogP contribution in [0.1, 0.15) is 40.0 Å². The first-order valence-electron chi connectivity index (χ1n) is 16.6. The van der Waals surface area contributed by atoms with Crippen LogP contribution in [0.25, 0.3) is 37.8 Å². The summed E-state index contributed by atoms with van der Waals surface area (Å²) in [5.41, 5.74) is -0.405. The van der Waals surface area contributed by atoms with Crippen LogP contribution in [0.5, 0.6) is 6.01 Å². The highest BCUT2D eigenvalue weighted by Gasteiger charge is 2.44. The number of halogens is 3. The molecule has 2 aliphatic heterocycles. The van der Waals surface area contributed by atoms with Gasteiger partial charge in [-0.3, -0.25) is 14.8 Å². The number of anilines is 1. The van der Waals surface area contributed by atoms with Crippen molar-refractivity contribution in [1.29, 1.82) is 0 Å². The van der Waals surface area contributed by atoms with Crippen LogP contribution in [0.3, 0.4) is 0 Å². The van der Waals surface area contributed by atoms with Gasteiger partial charge in [0.15, 0.2) is 5.82 Å². The molecule has 0 N–H and O–H groups in total. The Labute approximate surface area is 288 Å². The van der Waals surface area contributed by atoms with E-state index in [1.54, 1.807) is 49.9 Å². The number of piperidine rings is 1. The lowest BCUT2D eigenvalue weighted by atomic mass is 10.00. The summed E-state index contributed by atoms with van der Waals surface area (Å²) in [7, 11) is 2.11. The molecule has 3 fully saturated rings. The number of rotatable bonds is 6. The van der Waals surface area contributed by atoms with Crippen LogP contribution in [0.15, 0.2) is 36.5 Å². The van der Waals surface area contributed by atoms with Gasteiger partial charge in [0.05, 0.1) is 10.4 Å². The van der Waals surface area contributed by atoms with Gasteiger partial charge in [0.25, 0.3) is 0 Å².